The second kappa shape index (κ2) is 4.96. The van der Waals surface area contributed by atoms with Gasteiger partial charge in [0.1, 0.15) is 5.75 Å². The van der Waals surface area contributed by atoms with Crippen LogP contribution in [0.5, 0.6) is 5.75 Å². The first-order valence-electron chi connectivity index (χ1n) is 6.61. The van der Waals surface area contributed by atoms with E-state index in [1.54, 1.807) is 0 Å². The Kier molecular flexibility index (Phi) is 3.41. The van der Waals surface area contributed by atoms with E-state index in [1.165, 1.54) is 16.7 Å². The Bertz CT molecular complexity index is 684. The van der Waals surface area contributed by atoms with Crippen LogP contribution >= 0.6 is 24.0 Å². The van der Waals surface area contributed by atoms with Gasteiger partial charge in [-0.15, -0.1) is 12.4 Å². The lowest BCUT2D eigenvalue weighted by Gasteiger charge is -2.34. The van der Waals surface area contributed by atoms with Gasteiger partial charge in [0.25, 0.3) is 0 Å². The number of hydrogen-bond donors (Lipinski definition) is 2. The first-order chi connectivity index (χ1) is 9.24. The third-order valence-electron chi connectivity index (χ3n) is 4.18. The van der Waals surface area contributed by atoms with E-state index in [-0.39, 0.29) is 12.4 Å². The Labute approximate surface area is 129 Å². The molecule has 0 fully saturated rings. The summed E-state index contributed by atoms with van der Waals surface area (Å²) in [7, 11) is 0. The summed E-state index contributed by atoms with van der Waals surface area (Å²) in [6.45, 7) is 0.969. The van der Waals surface area contributed by atoms with Crippen LogP contribution in [-0.4, -0.2) is 11.7 Å². The molecule has 1 aliphatic heterocycles. The fraction of sp³-hybridized carbons (Fsp3) is 0.250. The monoisotopic (exact) mass is 307 g/mol. The van der Waals surface area contributed by atoms with Gasteiger partial charge in [-0.3, -0.25) is 0 Å². The van der Waals surface area contributed by atoms with Crippen LogP contribution in [-0.2, 0) is 12.8 Å². The van der Waals surface area contributed by atoms with Gasteiger partial charge in [0, 0.05) is 16.6 Å². The predicted octanol–water partition coefficient (Wildman–Crippen LogP) is 3.88. The highest BCUT2D eigenvalue weighted by atomic mass is 35.5. The van der Waals surface area contributed by atoms with E-state index in [0.29, 0.717) is 11.8 Å². The van der Waals surface area contributed by atoms with Gasteiger partial charge in [0.2, 0.25) is 0 Å². The molecule has 4 rings (SSSR count). The zero-order valence-electron chi connectivity index (χ0n) is 10.8. The molecule has 1 heterocycles. The Morgan fingerprint density at radius 2 is 2.05 bits per heavy atom. The fourth-order valence-electron chi connectivity index (χ4n) is 3.44. The van der Waals surface area contributed by atoms with E-state index >= 15 is 0 Å². The quantitative estimate of drug-likeness (QED) is 0.774. The fourth-order valence-corrected chi connectivity index (χ4v) is 3.74. The van der Waals surface area contributed by atoms with Crippen LogP contribution in [0.2, 0.25) is 5.02 Å². The van der Waals surface area contributed by atoms with Gasteiger partial charge in [-0.1, -0.05) is 23.7 Å². The largest absolute Gasteiger partial charge is 0.508 e. The molecule has 0 saturated heterocycles. The van der Waals surface area contributed by atoms with Crippen molar-refractivity contribution in [3.05, 3.63) is 52.0 Å². The van der Waals surface area contributed by atoms with E-state index in [1.807, 2.05) is 24.3 Å². The van der Waals surface area contributed by atoms with Crippen molar-refractivity contribution in [2.45, 2.75) is 18.9 Å². The van der Waals surface area contributed by atoms with Crippen LogP contribution in [0.1, 0.15) is 22.7 Å². The molecule has 2 nitrogen and oxygen atoms in total. The third-order valence-corrected chi connectivity index (χ3v) is 4.49. The Hall–Kier alpha value is -1.22. The summed E-state index contributed by atoms with van der Waals surface area (Å²) < 4.78 is 0. The molecule has 20 heavy (non-hydrogen) atoms. The molecule has 0 aromatic heterocycles. The number of hydrogen-bond acceptors (Lipinski definition) is 2. The summed E-state index contributed by atoms with van der Waals surface area (Å²) >= 11 is 6.38. The van der Waals surface area contributed by atoms with Gasteiger partial charge >= 0.3 is 0 Å². The summed E-state index contributed by atoms with van der Waals surface area (Å²) in [5.41, 5.74) is 6.03. The van der Waals surface area contributed by atoms with Gasteiger partial charge in [-0.05, 0) is 59.8 Å². The number of benzene rings is 2. The molecule has 1 unspecified atom stereocenters. The molecule has 0 saturated carbocycles. The molecule has 2 aliphatic rings. The second-order valence-corrected chi connectivity index (χ2v) is 5.71. The minimum Gasteiger partial charge on any atom is -0.508 e. The summed E-state index contributed by atoms with van der Waals surface area (Å²) in [6.07, 6.45) is 1.94. The van der Waals surface area contributed by atoms with Crippen LogP contribution in [0.3, 0.4) is 0 Å². The van der Waals surface area contributed by atoms with Gasteiger partial charge in [0.15, 0.2) is 0 Å². The van der Waals surface area contributed by atoms with Crippen molar-refractivity contribution in [2.24, 2.45) is 0 Å². The Balaban J connectivity index is 0.00000121. The standard InChI is InChI=1S/C16H14ClNO.ClH/c17-13-3-1-2-9-7-14-16-10(4-5-18-14)6-11(19)8-12(16)15(9)13;/h1-3,6,8,14,18-19H,4-5,7H2;1H. The van der Waals surface area contributed by atoms with Gasteiger partial charge in [-0.2, -0.15) is 0 Å². The first-order valence-corrected chi connectivity index (χ1v) is 6.99. The molecule has 1 atom stereocenters. The van der Waals surface area contributed by atoms with E-state index in [2.05, 4.69) is 11.4 Å². The number of aromatic hydroxyl groups is 1. The zero-order valence-corrected chi connectivity index (χ0v) is 12.4. The second-order valence-electron chi connectivity index (χ2n) is 5.30. The maximum Gasteiger partial charge on any atom is 0.116 e. The van der Waals surface area contributed by atoms with Crippen molar-refractivity contribution in [1.82, 2.24) is 5.32 Å². The molecule has 1 aliphatic carbocycles. The smallest absolute Gasteiger partial charge is 0.116 e. The van der Waals surface area contributed by atoms with Crippen molar-refractivity contribution in [3.8, 4) is 16.9 Å². The van der Waals surface area contributed by atoms with Crippen LogP contribution < -0.4 is 5.32 Å². The average molecular weight is 308 g/mol. The van der Waals surface area contributed by atoms with E-state index < -0.39 is 0 Å². The van der Waals surface area contributed by atoms with Gasteiger partial charge in [0.05, 0.1) is 0 Å². The van der Waals surface area contributed by atoms with E-state index in [0.717, 1.165) is 35.5 Å². The molecule has 4 heteroatoms. The number of phenolic OH excluding ortho intramolecular Hbond substituents is 1. The normalized spacial score (nSPS) is 18.8. The molecule has 2 N–H and O–H groups in total. The summed E-state index contributed by atoms with van der Waals surface area (Å²) in [6, 6.07) is 10.2. The highest BCUT2D eigenvalue weighted by Crippen LogP contribution is 2.46. The SMILES string of the molecule is Cl.Oc1cc2c3c(c1)-c1c(Cl)cccc1CC3NCC2. The highest BCUT2D eigenvalue weighted by Gasteiger charge is 2.30. The number of rotatable bonds is 0. The average Bonchev–Trinajstić information content (AvgIpc) is 2.38. The molecule has 2 aromatic rings. The summed E-state index contributed by atoms with van der Waals surface area (Å²) in [4.78, 5) is 0. The highest BCUT2D eigenvalue weighted by molar-refractivity contribution is 6.33. The maximum atomic E-state index is 9.96. The van der Waals surface area contributed by atoms with Crippen LogP contribution in [0.25, 0.3) is 11.1 Å². The zero-order chi connectivity index (χ0) is 13.0. The van der Waals surface area contributed by atoms with Crippen molar-refractivity contribution in [3.63, 3.8) is 0 Å². The van der Waals surface area contributed by atoms with Crippen LogP contribution in [0.4, 0.5) is 0 Å². The van der Waals surface area contributed by atoms with E-state index in [4.69, 9.17) is 11.6 Å². The number of phenols is 1. The lowest BCUT2D eigenvalue weighted by atomic mass is 9.78. The summed E-state index contributed by atoms with van der Waals surface area (Å²) in [5.74, 6) is 0.335. The lowest BCUT2D eigenvalue weighted by Crippen LogP contribution is -2.33. The number of halogens is 2. The molecule has 2 aromatic carbocycles. The van der Waals surface area contributed by atoms with Gasteiger partial charge in [-0.25, -0.2) is 0 Å². The van der Waals surface area contributed by atoms with Crippen molar-refractivity contribution >= 4 is 24.0 Å². The molecule has 0 radical (unpaired) electrons. The molecular formula is C16H15Cl2NO. The minimum atomic E-state index is 0. The first kappa shape index (κ1) is 13.7. The van der Waals surface area contributed by atoms with Crippen LogP contribution in [0, 0.1) is 0 Å². The molecule has 0 bridgehead atoms. The molecule has 104 valence electrons. The van der Waals surface area contributed by atoms with Gasteiger partial charge < -0.3 is 10.4 Å². The maximum absolute atomic E-state index is 9.96. The predicted molar refractivity (Wildman–Crippen MR) is 84.0 cm³/mol. The van der Waals surface area contributed by atoms with Crippen molar-refractivity contribution in [2.75, 3.05) is 6.54 Å². The molecular weight excluding hydrogens is 293 g/mol. The van der Waals surface area contributed by atoms with Crippen molar-refractivity contribution in [1.29, 1.82) is 0 Å². The topological polar surface area (TPSA) is 32.3 Å². The van der Waals surface area contributed by atoms with E-state index in [9.17, 15) is 5.11 Å². The molecule has 0 spiro atoms. The Morgan fingerprint density at radius 1 is 1.20 bits per heavy atom. The van der Waals surface area contributed by atoms with Crippen molar-refractivity contribution < 1.29 is 5.11 Å². The summed E-state index contributed by atoms with van der Waals surface area (Å²) in [5, 5.41) is 14.3. The Morgan fingerprint density at radius 3 is 2.90 bits per heavy atom. The third kappa shape index (κ3) is 1.91. The molecule has 0 amide bonds. The van der Waals surface area contributed by atoms with Crippen LogP contribution in [0.15, 0.2) is 30.3 Å². The number of fused-ring (bicyclic) bond motifs is 2. The lowest BCUT2D eigenvalue weighted by molar-refractivity contribution is 0.466. The minimum absolute atomic E-state index is 0. The number of nitrogens with one attached hydrogen (secondary N) is 1.